The first kappa shape index (κ1) is 17.7. The molecule has 0 fully saturated rings. The molecule has 0 saturated heterocycles. The monoisotopic (exact) mass is 311 g/mol. The van der Waals surface area contributed by atoms with E-state index in [2.05, 4.69) is 39.3 Å². The van der Waals surface area contributed by atoms with Gasteiger partial charge in [0, 0.05) is 7.11 Å². The largest absolute Gasteiger partial charge is 0.437 e. The Bertz CT molecular complexity index is 243. The minimum Gasteiger partial charge on any atom is -0.437 e. The molecule has 8 heteroatoms. The summed E-state index contributed by atoms with van der Waals surface area (Å²) < 4.78 is 23.7. The highest BCUT2D eigenvalue weighted by atomic mass is 28.5. The van der Waals surface area contributed by atoms with E-state index in [9.17, 15) is 0 Å². The lowest BCUT2D eigenvalue weighted by Gasteiger charge is -2.37. The van der Waals surface area contributed by atoms with Crippen LogP contribution in [0.2, 0.25) is 52.4 Å². The van der Waals surface area contributed by atoms with Crippen molar-refractivity contribution in [1.82, 2.24) is 0 Å². The molecule has 1 radical (unpaired) electrons. The third-order valence-electron chi connectivity index (χ3n) is 1.92. The van der Waals surface area contributed by atoms with Crippen LogP contribution in [0.15, 0.2) is 0 Å². The van der Waals surface area contributed by atoms with Crippen LogP contribution in [0.3, 0.4) is 0 Å². The predicted octanol–water partition coefficient (Wildman–Crippen LogP) is 3.04. The minimum absolute atomic E-state index is 0.728. The van der Waals surface area contributed by atoms with Gasteiger partial charge in [0.15, 0.2) is 9.04 Å². The highest BCUT2D eigenvalue weighted by molar-refractivity contribution is 6.86. The van der Waals surface area contributed by atoms with Crippen LogP contribution in [0.4, 0.5) is 0 Å². The second kappa shape index (κ2) is 6.24. The second-order valence-corrected chi connectivity index (χ2v) is 18.7. The summed E-state index contributed by atoms with van der Waals surface area (Å²) in [5.41, 5.74) is 0. The van der Waals surface area contributed by atoms with Crippen molar-refractivity contribution in [2.45, 2.75) is 52.4 Å². The molecule has 0 unspecified atom stereocenters. The Kier molecular flexibility index (Phi) is 6.50. The zero-order chi connectivity index (χ0) is 13.9. The molecule has 0 aliphatic rings. The van der Waals surface area contributed by atoms with Crippen LogP contribution < -0.4 is 0 Å². The molecule has 0 aliphatic heterocycles. The Balaban J connectivity index is 4.53. The summed E-state index contributed by atoms with van der Waals surface area (Å²) in [5.74, 6) is 0. The number of hydrogen-bond acceptors (Lipinski definition) is 4. The van der Waals surface area contributed by atoms with E-state index >= 15 is 0 Å². The topological polar surface area (TPSA) is 36.9 Å². The predicted molar refractivity (Wildman–Crippen MR) is 80.2 cm³/mol. The van der Waals surface area contributed by atoms with Crippen LogP contribution in [-0.2, 0) is 16.8 Å². The number of hydrogen-bond donors (Lipinski definition) is 0. The fraction of sp³-hybridized carbons (Fsp3) is 1.00. The lowest BCUT2D eigenvalue weighted by molar-refractivity contribution is 0.267. The highest BCUT2D eigenvalue weighted by Gasteiger charge is 2.41. The molecule has 0 bridgehead atoms. The smallest absolute Gasteiger partial charge is 0.322 e. The van der Waals surface area contributed by atoms with Gasteiger partial charge in [0.05, 0.1) is 0 Å². The average molecular weight is 312 g/mol. The summed E-state index contributed by atoms with van der Waals surface area (Å²) in [6, 6.07) is 0. The SMILES string of the molecule is CO[Si](C)(C)O[Si](C)(C)O[Si](C)(C)O[Si](C)C. The van der Waals surface area contributed by atoms with E-state index in [1.54, 1.807) is 7.11 Å². The molecule has 0 spiro atoms. The van der Waals surface area contributed by atoms with Gasteiger partial charge in [-0.25, -0.2) is 0 Å². The van der Waals surface area contributed by atoms with Crippen molar-refractivity contribution in [3.05, 3.63) is 0 Å². The standard InChI is InChI=1S/C9H27O4Si4/c1-10-15(4,5)12-17(8,9)13-16(6,7)11-14(2)3/h1-9H3. The van der Waals surface area contributed by atoms with Gasteiger partial charge in [-0.15, -0.1) is 0 Å². The van der Waals surface area contributed by atoms with Gasteiger partial charge in [-0.3, -0.25) is 0 Å². The lowest BCUT2D eigenvalue weighted by Crippen LogP contribution is -2.55. The molecular formula is C9H27O4Si4. The Labute approximate surface area is 111 Å². The van der Waals surface area contributed by atoms with Crippen LogP contribution in [0.25, 0.3) is 0 Å². The maximum absolute atomic E-state index is 6.19. The van der Waals surface area contributed by atoms with Gasteiger partial charge >= 0.3 is 25.7 Å². The van der Waals surface area contributed by atoms with E-state index < -0.39 is 34.7 Å². The van der Waals surface area contributed by atoms with E-state index in [0.717, 1.165) is 0 Å². The second-order valence-electron chi connectivity index (χ2n) is 5.62. The van der Waals surface area contributed by atoms with Gasteiger partial charge in [-0.05, 0) is 52.4 Å². The van der Waals surface area contributed by atoms with Crippen molar-refractivity contribution < 1.29 is 16.8 Å². The molecule has 0 rings (SSSR count). The lowest BCUT2D eigenvalue weighted by atomic mass is 11.8. The first-order valence-electron chi connectivity index (χ1n) is 5.84. The molecule has 0 atom stereocenters. The molecule has 0 aliphatic carbocycles. The van der Waals surface area contributed by atoms with Crippen molar-refractivity contribution >= 4 is 34.7 Å². The van der Waals surface area contributed by atoms with Gasteiger partial charge in [0.1, 0.15) is 0 Å². The van der Waals surface area contributed by atoms with Gasteiger partial charge in [0.2, 0.25) is 0 Å². The Morgan fingerprint density at radius 1 is 0.706 bits per heavy atom. The van der Waals surface area contributed by atoms with Crippen LogP contribution in [-0.4, -0.2) is 41.8 Å². The third-order valence-corrected chi connectivity index (χ3v) is 14.4. The summed E-state index contributed by atoms with van der Waals surface area (Å²) in [4.78, 5) is 0. The first-order chi connectivity index (χ1) is 7.39. The number of rotatable bonds is 7. The zero-order valence-electron chi connectivity index (χ0n) is 12.6. The van der Waals surface area contributed by atoms with Gasteiger partial charge in [-0.2, -0.15) is 0 Å². The van der Waals surface area contributed by atoms with Crippen molar-refractivity contribution in [2.75, 3.05) is 7.11 Å². The van der Waals surface area contributed by atoms with Crippen LogP contribution >= 0.6 is 0 Å². The van der Waals surface area contributed by atoms with E-state index in [-0.39, 0.29) is 0 Å². The fourth-order valence-corrected chi connectivity index (χ4v) is 16.6. The highest BCUT2D eigenvalue weighted by Crippen LogP contribution is 2.21. The van der Waals surface area contributed by atoms with E-state index in [0.29, 0.717) is 0 Å². The molecule has 0 heterocycles. The van der Waals surface area contributed by atoms with E-state index in [4.69, 9.17) is 16.8 Å². The molecule has 103 valence electrons. The van der Waals surface area contributed by atoms with Crippen LogP contribution in [0, 0.1) is 0 Å². The first-order valence-corrected chi connectivity index (χ1v) is 16.7. The Hall–Kier alpha value is 0.708. The van der Waals surface area contributed by atoms with Gasteiger partial charge < -0.3 is 16.8 Å². The minimum atomic E-state index is -2.17. The molecule has 17 heavy (non-hydrogen) atoms. The molecule has 0 N–H and O–H groups in total. The summed E-state index contributed by atoms with van der Waals surface area (Å²) in [6.45, 7) is 16.6. The fourth-order valence-electron chi connectivity index (χ4n) is 1.76. The van der Waals surface area contributed by atoms with Crippen molar-refractivity contribution in [1.29, 1.82) is 0 Å². The van der Waals surface area contributed by atoms with Crippen LogP contribution in [0.1, 0.15) is 0 Å². The quantitative estimate of drug-likeness (QED) is 0.677. The summed E-state index contributed by atoms with van der Waals surface area (Å²) >= 11 is 0. The van der Waals surface area contributed by atoms with Gasteiger partial charge in [0.25, 0.3) is 0 Å². The Morgan fingerprint density at radius 2 is 1.12 bits per heavy atom. The molecule has 0 amide bonds. The molecule has 0 aromatic heterocycles. The molecule has 0 saturated carbocycles. The third kappa shape index (κ3) is 8.43. The van der Waals surface area contributed by atoms with Crippen LogP contribution in [0.5, 0.6) is 0 Å². The molecule has 0 aromatic rings. The summed E-state index contributed by atoms with van der Waals surface area (Å²) in [6.07, 6.45) is 0. The van der Waals surface area contributed by atoms with Crippen molar-refractivity contribution in [3.8, 4) is 0 Å². The van der Waals surface area contributed by atoms with Crippen molar-refractivity contribution in [2.24, 2.45) is 0 Å². The van der Waals surface area contributed by atoms with E-state index in [1.807, 2.05) is 13.1 Å². The molecular weight excluding hydrogens is 284 g/mol. The molecule has 4 nitrogen and oxygen atoms in total. The van der Waals surface area contributed by atoms with E-state index in [1.165, 1.54) is 0 Å². The summed E-state index contributed by atoms with van der Waals surface area (Å²) in [7, 11) is -5.30. The Morgan fingerprint density at radius 3 is 1.47 bits per heavy atom. The maximum atomic E-state index is 6.19. The maximum Gasteiger partial charge on any atom is 0.322 e. The van der Waals surface area contributed by atoms with Crippen molar-refractivity contribution in [3.63, 3.8) is 0 Å². The summed E-state index contributed by atoms with van der Waals surface area (Å²) in [5, 5.41) is 0. The van der Waals surface area contributed by atoms with Gasteiger partial charge in [-0.1, -0.05) is 0 Å². The molecule has 0 aromatic carbocycles. The normalized spacial score (nSPS) is 14.5. The average Bonchev–Trinajstić information content (AvgIpc) is 1.96. The zero-order valence-corrected chi connectivity index (χ0v) is 16.6.